The summed E-state index contributed by atoms with van der Waals surface area (Å²) in [6.07, 6.45) is 0. The zero-order valence-corrected chi connectivity index (χ0v) is 13.0. The third kappa shape index (κ3) is 3.21. The van der Waals surface area contributed by atoms with Gasteiger partial charge in [-0.2, -0.15) is 0 Å². The maximum atomic E-state index is 12.3. The molecule has 20 heavy (non-hydrogen) atoms. The summed E-state index contributed by atoms with van der Waals surface area (Å²) >= 11 is 0. The van der Waals surface area contributed by atoms with Crippen LogP contribution in [-0.2, 0) is 4.79 Å². The molecule has 0 aliphatic heterocycles. The fraction of sp³-hybridized carbons (Fsp3) is 0.600. The van der Waals surface area contributed by atoms with Gasteiger partial charge in [0.15, 0.2) is 0 Å². The van der Waals surface area contributed by atoms with Gasteiger partial charge in [-0.3, -0.25) is 4.79 Å². The third-order valence-corrected chi connectivity index (χ3v) is 3.46. The Morgan fingerprint density at radius 2 is 1.75 bits per heavy atom. The Bertz CT molecular complexity index is 515. The quantitative estimate of drug-likeness (QED) is 0.870. The Balaban J connectivity index is 3.05. The predicted molar refractivity (Wildman–Crippen MR) is 78.0 cm³/mol. The summed E-state index contributed by atoms with van der Waals surface area (Å²) in [7, 11) is 0. The van der Waals surface area contributed by atoms with Crippen LogP contribution >= 0.6 is 0 Å². The molecule has 0 fully saturated rings. The van der Waals surface area contributed by atoms with Gasteiger partial charge in [-0.15, -0.1) is 0 Å². The molecule has 1 atom stereocenters. The highest BCUT2D eigenvalue weighted by Gasteiger charge is 2.26. The number of nitrogens with one attached hydrogen (secondary N) is 1. The minimum absolute atomic E-state index is 0.162. The second-order valence-corrected chi connectivity index (χ2v) is 5.78. The molecule has 1 heterocycles. The molecule has 1 aromatic heterocycles. The molecule has 0 aliphatic rings. The summed E-state index contributed by atoms with van der Waals surface area (Å²) in [5.41, 5.74) is 2.41. The first-order chi connectivity index (χ1) is 9.16. The topological polar surface area (TPSA) is 71.3 Å². The van der Waals surface area contributed by atoms with E-state index in [4.69, 9.17) is 5.11 Å². The van der Waals surface area contributed by atoms with Crippen LogP contribution in [-0.4, -0.2) is 27.6 Å². The number of hydrogen-bond acceptors (Lipinski definition) is 2. The summed E-state index contributed by atoms with van der Waals surface area (Å²) in [5, 5.41) is 11.7. The lowest BCUT2D eigenvalue weighted by Gasteiger charge is -2.18. The number of amides is 1. The molecule has 1 unspecified atom stereocenters. The molecular weight excluding hydrogens is 256 g/mol. The van der Waals surface area contributed by atoms with Crippen LogP contribution in [0.1, 0.15) is 55.5 Å². The second-order valence-electron chi connectivity index (χ2n) is 5.78. The number of carboxylic acid groups (broad SMARTS) is 1. The molecule has 1 aromatic rings. The fourth-order valence-electron chi connectivity index (χ4n) is 2.53. The van der Waals surface area contributed by atoms with E-state index in [2.05, 4.69) is 23.7 Å². The highest BCUT2D eigenvalue weighted by atomic mass is 16.4. The SMILES string of the molecule is Cc1cc(C(=O)NC(C(=O)O)C(C)C)c(C)n1C(C)C. The highest BCUT2D eigenvalue weighted by molar-refractivity contribution is 5.97. The van der Waals surface area contributed by atoms with E-state index in [1.54, 1.807) is 13.8 Å². The van der Waals surface area contributed by atoms with E-state index in [9.17, 15) is 9.59 Å². The van der Waals surface area contributed by atoms with Gasteiger partial charge >= 0.3 is 5.97 Å². The summed E-state index contributed by atoms with van der Waals surface area (Å²) in [6.45, 7) is 11.5. The van der Waals surface area contributed by atoms with Crippen molar-refractivity contribution in [3.8, 4) is 0 Å². The van der Waals surface area contributed by atoms with Gasteiger partial charge in [-0.1, -0.05) is 13.8 Å². The third-order valence-electron chi connectivity index (χ3n) is 3.46. The molecule has 0 radical (unpaired) electrons. The average molecular weight is 280 g/mol. The molecule has 0 aromatic carbocycles. The van der Waals surface area contributed by atoms with Crippen molar-refractivity contribution in [1.29, 1.82) is 0 Å². The molecule has 0 aliphatic carbocycles. The Labute approximate surface area is 120 Å². The van der Waals surface area contributed by atoms with Gasteiger partial charge in [-0.25, -0.2) is 4.79 Å². The highest BCUT2D eigenvalue weighted by Crippen LogP contribution is 2.20. The van der Waals surface area contributed by atoms with Crippen molar-refractivity contribution >= 4 is 11.9 Å². The van der Waals surface area contributed by atoms with Crippen LogP contribution in [0.3, 0.4) is 0 Å². The first kappa shape index (κ1) is 16.3. The molecule has 112 valence electrons. The number of aliphatic carboxylic acids is 1. The first-order valence-corrected chi connectivity index (χ1v) is 6.88. The van der Waals surface area contributed by atoms with Crippen LogP contribution in [0.25, 0.3) is 0 Å². The zero-order chi connectivity index (χ0) is 15.6. The smallest absolute Gasteiger partial charge is 0.326 e. The number of carbonyl (C=O) groups excluding carboxylic acids is 1. The van der Waals surface area contributed by atoms with Crippen LogP contribution in [0, 0.1) is 19.8 Å². The van der Waals surface area contributed by atoms with Gasteiger partial charge < -0.3 is 15.0 Å². The van der Waals surface area contributed by atoms with Crippen LogP contribution in [0.5, 0.6) is 0 Å². The maximum Gasteiger partial charge on any atom is 0.326 e. The van der Waals surface area contributed by atoms with Crippen molar-refractivity contribution < 1.29 is 14.7 Å². The molecule has 0 saturated heterocycles. The van der Waals surface area contributed by atoms with Crippen LogP contribution in [0.15, 0.2) is 6.07 Å². The number of carbonyl (C=O) groups is 2. The van der Waals surface area contributed by atoms with E-state index >= 15 is 0 Å². The number of nitrogens with zero attached hydrogens (tertiary/aromatic N) is 1. The van der Waals surface area contributed by atoms with Gasteiger partial charge in [0, 0.05) is 17.4 Å². The van der Waals surface area contributed by atoms with Crippen molar-refractivity contribution in [1.82, 2.24) is 9.88 Å². The molecule has 1 rings (SSSR count). The van der Waals surface area contributed by atoms with E-state index in [-0.39, 0.29) is 17.9 Å². The number of carboxylic acids is 1. The van der Waals surface area contributed by atoms with Crippen molar-refractivity contribution in [3.63, 3.8) is 0 Å². The number of rotatable bonds is 5. The number of aryl methyl sites for hydroxylation is 1. The molecule has 5 nitrogen and oxygen atoms in total. The molecular formula is C15H24N2O3. The lowest BCUT2D eigenvalue weighted by Crippen LogP contribution is -2.44. The monoisotopic (exact) mass is 280 g/mol. The van der Waals surface area contributed by atoms with Crippen molar-refractivity contribution in [2.24, 2.45) is 5.92 Å². The molecule has 0 bridgehead atoms. The van der Waals surface area contributed by atoms with E-state index in [0.717, 1.165) is 11.4 Å². The Morgan fingerprint density at radius 1 is 1.20 bits per heavy atom. The van der Waals surface area contributed by atoms with Crippen LogP contribution in [0.2, 0.25) is 0 Å². The van der Waals surface area contributed by atoms with Crippen LogP contribution in [0.4, 0.5) is 0 Å². The molecule has 2 N–H and O–H groups in total. The predicted octanol–water partition coefficient (Wildman–Crippen LogP) is 2.52. The van der Waals surface area contributed by atoms with Gasteiger partial charge in [-0.05, 0) is 39.7 Å². The molecule has 0 spiro atoms. The van der Waals surface area contributed by atoms with Crippen LogP contribution < -0.4 is 5.32 Å². The number of aromatic nitrogens is 1. The Hall–Kier alpha value is -1.78. The van der Waals surface area contributed by atoms with E-state index < -0.39 is 12.0 Å². The van der Waals surface area contributed by atoms with Gasteiger partial charge in [0.05, 0.1) is 5.56 Å². The second kappa shape index (κ2) is 6.11. The Morgan fingerprint density at radius 3 is 2.10 bits per heavy atom. The zero-order valence-electron chi connectivity index (χ0n) is 13.0. The molecule has 0 saturated carbocycles. The Kier molecular flexibility index (Phi) is 4.98. The first-order valence-electron chi connectivity index (χ1n) is 6.88. The van der Waals surface area contributed by atoms with Crippen molar-refractivity contribution in [3.05, 3.63) is 23.0 Å². The number of hydrogen-bond donors (Lipinski definition) is 2. The summed E-state index contributed by atoms with van der Waals surface area (Å²) in [5.74, 6) is -1.50. The van der Waals surface area contributed by atoms with E-state index in [0.29, 0.717) is 5.56 Å². The van der Waals surface area contributed by atoms with Crippen molar-refractivity contribution in [2.75, 3.05) is 0 Å². The summed E-state index contributed by atoms with van der Waals surface area (Å²) in [4.78, 5) is 23.4. The lowest BCUT2D eigenvalue weighted by atomic mass is 10.0. The minimum atomic E-state index is -1.01. The average Bonchev–Trinajstić information content (AvgIpc) is 2.60. The molecule has 5 heteroatoms. The minimum Gasteiger partial charge on any atom is -0.480 e. The van der Waals surface area contributed by atoms with Gasteiger partial charge in [0.25, 0.3) is 5.91 Å². The molecule has 1 amide bonds. The summed E-state index contributed by atoms with van der Waals surface area (Å²) < 4.78 is 2.07. The normalized spacial score (nSPS) is 12.8. The van der Waals surface area contributed by atoms with Gasteiger partial charge in [0.1, 0.15) is 6.04 Å². The lowest BCUT2D eigenvalue weighted by molar-refractivity contribution is -0.140. The van der Waals surface area contributed by atoms with E-state index in [1.165, 1.54) is 0 Å². The fourth-order valence-corrected chi connectivity index (χ4v) is 2.53. The standard InChI is InChI=1S/C15H24N2O3/c1-8(2)13(15(19)20)16-14(18)12-7-10(5)17(9(3)4)11(12)6/h7-9,13H,1-6H3,(H,16,18)(H,19,20). The van der Waals surface area contributed by atoms with E-state index in [1.807, 2.05) is 19.9 Å². The van der Waals surface area contributed by atoms with Gasteiger partial charge in [0.2, 0.25) is 0 Å². The van der Waals surface area contributed by atoms with Crippen molar-refractivity contribution in [2.45, 2.75) is 53.6 Å². The largest absolute Gasteiger partial charge is 0.480 e. The maximum absolute atomic E-state index is 12.3. The summed E-state index contributed by atoms with van der Waals surface area (Å²) in [6, 6.07) is 1.20.